The first-order valence-corrected chi connectivity index (χ1v) is 9.19. The van der Waals surface area contributed by atoms with Crippen LogP contribution in [0, 0.1) is 10.1 Å². The summed E-state index contributed by atoms with van der Waals surface area (Å²) in [7, 11) is 3.88. The van der Waals surface area contributed by atoms with Crippen molar-refractivity contribution >= 4 is 34.7 Å². The molecule has 3 aromatic rings. The SMILES string of the molecule is CN(C)c1ccc(NC(=O)CSc2nnc(-c3cccc([N+](=O)[O-])c3)o2)cc1. The number of hydrogen-bond donors (Lipinski definition) is 1. The van der Waals surface area contributed by atoms with E-state index in [1.807, 2.05) is 43.3 Å². The molecule has 0 aliphatic carbocycles. The highest BCUT2D eigenvalue weighted by molar-refractivity contribution is 7.99. The molecule has 0 saturated heterocycles. The molecule has 0 bridgehead atoms. The molecule has 3 rings (SSSR count). The summed E-state index contributed by atoms with van der Waals surface area (Å²) in [5.74, 6) is 0.0371. The van der Waals surface area contributed by atoms with Gasteiger partial charge >= 0.3 is 0 Å². The summed E-state index contributed by atoms with van der Waals surface area (Å²) in [4.78, 5) is 24.4. The molecular formula is C18H17N5O4S. The summed E-state index contributed by atoms with van der Waals surface area (Å²) in [6, 6.07) is 13.4. The molecule has 1 aromatic heterocycles. The zero-order valence-electron chi connectivity index (χ0n) is 15.2. The summed E-state index contributed by atoms with van der Waals surface area (Å²) >= 11 is 1.09. The summed E-state index contributed by atoms with van der Waals surface area (Å²) in [6.45, 7) is 0. The van der Waals surface area contributed by atoms with Crippen LogP contribution in [0.4, 0.5) is 17.1 Å². The molecule has 10 heteroatoms. The highest BCUT2D eigenvalue weighted by atomic mass is 32.2. The molecule has 144 valence electrons. The average Bonchev–Trinajstić information content (AvgIpc) is 3.16. The van der Waals surface area contributed by atoms with Crippen LogP contribution in [-0.4, -0.2) is 40.9 Å². The Morgan fingerprint density at radius 3 is 2.64 bits per heavy atom. The number of anilines is 2. The molecule has 0 aliphatic rings. The molecule has 0 spiro atoms. The van der Waals surface area contributed by atoms with Gasteiger partial charge in [0.05, 0.1) is 10.7 Å². The molecular weight excluding hydrogens is 382 g/mol. The van der Waals surface area contributed by atoms with Crippen LogP contribution >= 0.6 is 11.8 Å². The van der Waals surface area contributed by atoms with Crippen molar-refractivity contribution in [1.82, 2.24) is 10.2 Å². The third-order valence-electron chi connectivity index (χ3n) is 3.70. The molecule has 0 unspecified atom stereocenters. The van der Waals surface area contributed by atoms with Gasteiger partial charge in [-0.15, -0.1) is 10.2 Å². The number of hydrogen-bond acceptors (Lipinski definition) is 8. The minimum atomic E-state index is -0.495. The van der Waals surface area contributed by atoms with E-state index in [-0.39, 0.29) is 28.5 Å². The lowest BCUT2D eigenvalue weighted by Gasteiger charge is -2.12. The van der Waals surface area contributed by atoms with Crippen LogP contribution < -0.4 is 10.2 Å². The maximum atomic E-state index is 12.1. The average molecular weight is 399 g/mol. The Morgan fingerprint density at radius 2 is 1.96 bits per heavy atom. The zero-order chi connectivity index (χ0) is 20.1. The van der Waals surface area contributed by atoms with Crippen LogP contribution in [-0.2, 0) is 4.79 Å². The third kappa shape index (κ3) is 4.86. The van der Waals surface area contributed by atoms with Crippen LogP contribution in [0.3, 0.4) is 0 Å². The molecule has 2 aromatic carbocycles. The maximum Gasteiger partial charge on any atom is 0.277 e. The van der Waals surface area contributed by atoms with Gasteiger partial charge in [0, 0.05) is 43.2 Å². The third-order valence-corrected chi connectivity index (χ3v) is 4.52. The topological polar surface area (TPSA) is 114 Å². The zero-order valence-corrected chi connectivity index (χ0v) is 16.0. The number of carbonyl (C=O) groups excluding carboxylic acids is 1. The Bertz CT molecular complexity index is 988. The Hall–Kier alpha value is -3.40. The molecule has 0 radical (unpaired) electrons. The molecule has 1 amide bonds. The number of amides is 1. The number of aromatic nitrogens is 2. The lowest BCUT2D eigenvalue weighted by atomic mass is 10.2. The summed E-state index contributed by atoms with van der Waals surface area (Å²) in [5, 5.41) is 21.6. The molecule has 0 saturated carbocycles. The van der Waals surface area contributed by atoms with E-state index in [4.69, 9.17) is 4.42 Å². The first kappa shape index (κ1) is 19.4. The molecule has 1 heterocycles. The fourth-order valence-corrected chi connectivity index (χ4v) is 2.87. The van der Waals surface area contributed by atoms with E-state index in [2.05, 4.69) is 15.5 Å². The predicted octanol–water partition coefficient (Wildman–Crippen LogP) is 3.44. The molecule has 0 aliphatic heterocycles. The highest BCUT2D eigenvalue weighted by Crippen LogP contribution is 2.26. The quantitative estimate of drug-likeness (QED) is 0.365. The fraction of sp³-hybridized carbons (Fsp3) is 0.167. The monoisotopic (exact) mass is 399 g/mol. The van der Waals surface area contributed by atoms with Crippen molar-refractivity contribution in [1.29, 1.82) is 0 Å². The highest BCUT2D eigenvalue weighted by Gasteiger charge is 2.14. The Kier molecular flexibility index (Phi) is 5.90. The minimum absolute atomic E-state index is 0.0652. The second kappa shape index (κ2) is 8.53. The van der Waals surface area contributed by atoms with E-state index in [9.17, 15) is 14.9 Å². The van der Waals surface area contributed by atoms with Gasteiger partial charge in [-0.1, -0.05) is 17.8 Å². The summed E-state index contributed by atoms with van der Waals surface area (Å²) in [5.41, 5.74) is 2.11. The van der Waals surface area contributed by atoms with Crippen LogP contribution in [0.25, 0.3) is 11.5 Å². The standard InChI is InChI=1S/C18H17N5O4S/c1-22(2)14-8-6-13(7-9-14)19-16(24)11-28-18-21-20-17(27-18)12-4-3-5-15(10-12)23(25)26/h3-10H,11H2,1-2H3,(H,19,24). The van der Waals surface area contributed by atoms with Gasteiger partial charge in [0.25, 0.3) is 10.9 Å². The normalized spacial score (nSPS) is 10.5. The van der Waals surface area contributed by atoms with Gasteiger partial charge in [-0.2, -0.15) is 0 Å². The largest absolute Gasteiger partial charge is 0.411 e. The van der Waals surface area contributed by atoms with Crippen LogP contribution in [0.5, 0.6) is 0 Å². The molecule has 0 fully saturated rings. The number of nitrogens with zero attached hydrogens (tertiary/aromatic N) is 4. The second-order valence-electron chi connectivity index (χ2n) is 5.96. The summed E-state index contributed by atoms with van der Waals surface area (Å²) in [6.07, 6.45) is 0. The van der Waals surface area contributed by atoms with E-state index in [1.165, 1.54) is 12.1 Å². The van der Waals surface area contributed by atoms with Crippen molar-refractivity contribution in [2.24, 2.45) is 0 Å². The van der Waals surface area contributed by atoms with Gasteiger partial charge in [-0.05, 0) is 30.3 Å². The molecule has 0 atom stereocenters. The van der Waals surface area contributed by atoms with Crippen LogP contribution in [0.1, 0.15) is 0 Å². The van der Waals surface area contributed by atoms with Crippen molar-refractivity contribution in [2.45, 2.75) is 5.22 Å². The lowest BCUT2D eigenvalue weighted by Crippen LogP contribution is -2.14. The second-order valence-corrected chi connectivity index (χ2v) is 6.89. The van der Waals surface area contributed by atoms with Crippen molar-refractivity contribution < 1.29 is 14.1 Å². The number of non-ortho nitro benzene ring substituents is 1. The summed E-state index contributed by atoms with van der Waals surface area (Å²) < 4.78 is 5.48. The van der Waals surface area contributed by atoms with Gasteiger partial charge in [0.1, 0.15) is 0 Å². The van der Waals surface area contributed by atoms with Crippen LogP contribution in [0.15, 0.2) is 58.2 Å². The van der Waals surface area contributed by atoms with E-state index in [1.54, 1.807) is 12.1 Å². The van der Waals surface area contributed by atoms with Crippen molar-refractivity contribution in [3.63, 3.8) is 0 Å². The van der Waals surface area contributed by atoms with E-state index in [0.717, 1.165) is 17.4 Å². The van der Waals surface area contributed by atoms with Crippen molar-refractivity contribution in [3.8, 4) is 11.5 Å². The van der Waals surface area contributed by atoms with Gasteiger partial charge in [-0.3, -0.25) is 14.9 Å². The first-order valence-electron chi connectivity index (χ1n) is 8.21. The first-order chi connectivity index (χ1) is 13.4. The number of rotatable bonds is 7. The van der Waals surface area contributed by atoms with E-state index in [0.29, 0.717) is 11.3 Å². The predicted molar refractivity (Wildman–Crippen MR) is 107 cm³/mol. The van der Waals surface area contributed by atoms with E-state index >= 15 is 0 Å². The van der Waals surface area contributed by atoms with E-state index < -0.39 is 4.92 Å². The molecule has 9 nitrogen and oxygen atoms in total. The number of carbonyl (C=O) groups is 1. The number of thioether (sulfide) groups is 1. The van der Waals surface area contributed by atoms with Crippen LogP contribution in [0.2, 0.25) is 0 Å². The van der Waals surface area contributed by atoms with Gasteiger partial charge < -0.3 is 14.6 Å². The minimum Gasteiger partial charge on any atom is -0.411 e. The number of nitrogens with one attached hydrogen (secondary N) is 1. The number of benzene rings is 2. The maximum absolute atomic E-state index is 12.1. The number of nitro groups is 1. The number of nitro benzene ring substituents is 1. The Balaban J connectivity index is 1.57. The van der Waals surface area contributed by atoms with Crippen molar-refractivity contribution in [2.75, 3.05) is 30.1 Å². The van der Waals surface area contributed by atoms with Crippen molar-refractivity contribution in [3.05, 3.63) is 58.6 Å². The molecule has 1 N–H and O–H groups in total. The van der Waals surface area contributed by atoms with Gasteiger partial charge in [0.15, 0.2) is 0 Å². The Morgan fingerprint density at radius 1 is 1.21 bits per heavy atom. The van der Waals surface area contributed by atoms with Gasteiger partial charge in [0.2, 0.25) is 11.8 Å². The smallest absolute Gasteiger partial charge is 0.277 e. The lowest BCUT2D eigenvalue weighted by molar-refractivity contribution is -0.384. The fourth-order valence-electron chi connectivity index (χ4n) is 2.30. The Labute approximate surface area is 164 Å². The van der Waals surface area contributed by atoms with Gasteiger partial charge in [-0.25, -0.2) is 0 Å². The molecule has 28 heavy (non-hydrogen) atoms.